The van der Waals surface area contributed by atoms with Crippen LogP contribution in [0.4, 0.5) is 5.95 Å². The van der Waals surface area contributed by atoms with Gasteiger partial charge in [0.05, 0.1) is 5.69 Å². The molecule has 0 saturated heterocycles. The van der Waals surface area contributed by atoms with Crippen LogP contribution in [0.3, 0.4) is 0 Å². The zero-order valence-corrected chi connectivity index (χ0v) is 16.7. The highest BCUT2D eigenvalue weighted by molar-refractivity contribution is 7.84. The van der Waals surface area contributed by atoms with Crippen LogP contribution in [0.2, 0.25) is 5.15 Å². The summed E-state index contributed by atoms with van der Waals surface area (Å²) >= 11 is 6.11. The van der Waals surface area contributed by atoms with E-state index >= 15 is 0 Å². The Morgan fingerprint density at radius 3 is 2.29 bits per heavy atom. The highest BCUT2D eigenvalue weighted by Gasteiger charge is 2.23. The van der Waals surface area contributed by atoms with Crippen LogP contribution in [-0.2, 0) is 10.0 Å². The number of quaternary nitrogens is 1. The van der Waals surface area contributed by atoms with E-state index in [-0.39, 0.29) is 21.6 Å². The van der Waals surface area contributed by atoms with Crippen molar-refractivity contribution in [2.24, 2.45) is 0 Å². The van der Waals surface area contributed by atoms with E-state index < -0.39 is 16.3 Å². The summed E-state index contributed by atoms with van der Waals surface area (Å²) in [6, 6.07) is 12.8. The molecule has 0 aliphatic rings. The Bertz CT molecular complexity index is 1110. The summed E-state index contributed by atoms with van der Waals surface area (Å²) < 4.78 is 26.4. The highest BCUT2D eigenvalue weighted by atomic mass is 35.5. The van der Waals surface area contributed by atoms with Gasteiger partial charge < -0.3 is 10.2 Å². The molecule has 4 N–H and O–H groups in total. The predicted molar refractivity (Wildman–Crippen MR) is 104 cm³/mol. The Hall–Kier alpha value is -2.36. The van der Waals surface area contributed by atoms with Gasteiger partial charge in [-0.3, -0.25) is 0 Å². The Morgan fingerprint density at radius 1 is 1.00 bits per heavy atom. The number of halogens is 1. The molecule has 0 amide bonds. The first-order valence-corrected chi connectivity index (χ1v) is 10.3. The lowest BCUT2D eigenvalue weighted by molar-refractivity contribution is -0.407. The van der Waals surface area contributed by atoms with Crippen molar-refractivity contribution in [2.45, 2.75) is 25.0 Å². The van der Waals surface area contributed by atoms with Crippen molar-refractivity contribution in [1.29, 1.82) is 0 Å². The molecule has 0 fully saturated rings. The van der Waals surface area contributed by atoms with Crippen LogP contribution in [0.15, 0.2) is 53.4 Å². The van der Waals surface area contributed by atoms with Crippen molar-refractivity contribution in [3.8, 4) is 11.3 Å². The number of aliphatic hydroxyl groups excluding tert-OH is 1. The minimum atomic E-state index is -3.94. The van der Waals surface area contributed by atoms with Crippen molar-refractivity contribution in [1.82, 2.24) is 9.97 Å². The van der Waals surface area contributed by atoms with Crippen LogP contribution in [0.25, 0.3) is 11.3 Å². The number of rotatable bonds is 5. The highest BCUT2D eigenvalue weighted by Crippen LogP contribution is 2.27. The fourth-order valence-electron chi connectivity index (χ4n) is 2.89. The molecule has 1 aromatic heterocycles. The van der Waals surface area contributed by atoms with Gasteiger partial charge in [0.1, 0.15) is 10.0 Å². The second kappa shape index (κ2) is 7.94. The van der Waals surface area contributed by atoms with E-state index in [1.54, 1.807) is 6.07 Å². The first kappa shape index (κ1) is 20.4. The van der Waals surface area contributed by atoms with E-state index in [1.807, 2.05) is 32.0 Å². The average Bonchev–Trinajstić information content (AvgIpc) is 2.61. The third-order valence-corrected chi connectivity index (χ3v) is 5.82. The van der Waals surface area contributed by atoms with E-state index in [0.29, 0.717) is 5.69 Å². The van der Waals surface area contributed by atoms with Gasteiger partial charge in [0, 0.05) is 17.2 Å². The minimum absolute atomic E-state index is 0.0555. The Kier molecular flexibility index (Phi) is 5.78. The number of aromatic nitrogens is 2. The quantitative estimate of drug-likeness (QED) is 0.429. The first-order valence-electron chi connectivity index (χ1n) is 8.34. The zero-order valence-electron chi connectivity index (χ0n) is 15.2. The number of nitrogens with zero attached hydrogens (tertiary/aromatic N) is 2. The molecule has 0 bridgehead atoms. The molecule has 0 aliphatic heterocycles. The van der Waals surface area contributed by atoms with Gasteiger partial charge >= 0.3 is 16.0 Å². The normalized spacial score (nSPS) is 11.8. The van der Waals surface area contributed by atoms with Crippen molar-refractivity contribution in [2.75, 3.05) is 0 Å². The summed E-state index contributed by atoms with van der Waals surface area (Å²) in [5.74, 6) is -0.0555. The van der Waals surface area contributed by atoms with Crippen LogP contribution in [0.1, 0.15) is 23.0 Å². The molecular weight excluding hydrogens is 402 g/mol. The summed E-state index contributed by atoms with van der Waals surface area (Å²) in [6.45, 7) is 3.87. The lowest BCUT2D eigenvalue weighted by Gasteiger charge is -2.10. The third-order valence-electron chi connectivity index (χ3n) is 4.19. The van der Waals surface area contributed by atoms with Gasteiger partial charge in [-0.2, -0.15) is 23.1 Å². The van der Waals surface area contributed by atoms with Crippen LogP contribution < -0.4 is 4.72 Å². The van der Waals surface area contributed by atoms with Gasteiger partial charge in [-0.25, -0.2) is 0 Å². The molecule has 0 spiro atoms. The summed E-state index contributed by atoms with van der Waals surface area (Å²) in [5.41, 5.74) is 3.42. The number of nitrogens with two attached hydrogens (primary N) is 1. The number of primary sulfonamides is 1. The standard InChI is InChI=1S/C19H18ClN3O4S/c1-11-5-3-6-12(2)17(11)15-10-16(20)22-19(21-15)23-28(26,27)14-8-4-7-13(9-14)18(24)25/h3-10,18,24-25H,1-2H3,(H,21,22,23)/p+1. The van der Waals surface area contributed by atoms with Crippen molar-refractivity contribution >= 4 is 27.6 Å². The third kappa shape index (κ3) is 4.37. The topological polar surface area (TPSA) is 117 Å². The molecule has 0 atom stereocenters. The van der Waals surface area contributed by atoms with Crippen LogP contribution in [-0.4, -0.2) is 28.6 Å². The molecule has 2 aromatic carbocycles. The second-order valence-corrected chi connectivity index (χ2v) is 8.49. The van der Waals surface area contributed by atoms with E-state index in [1.165, 1.54) is 24.3 Å². The molecule has 0 radical (unpaired) electrons. The average molecular weight is 421 g/mol. The Balaban J connectivity index is 2.01. The maximum absolute atomic E-state index is 12.7. The van der Waals surface area contributed by atoms with Gasteiger partial charge in [0.15, 0.2) is 6.29 Å². The number of benzene rings is 2. The molecule has 146 valence electrons. The molecule has 3 rings (SSSR count). The molecule has 0 saturated carbocycles. The van der Waals surface area contributed by atoms with Gasteiger partial charge in [0.2, 0.25) is 0 Å². The van der Waals surface area contributed by atoms with E-state index in [9.17, 15) is 18.6 Å². The van der Waals surface area contributed by atoms with Crippen LogP contribution >= 0.6 is 11.6 Å². The molecule has 9 heteroatoms. The fourth-order valence-corrected chi connectivity index (χ4v) is 4.17. The number of sulfonamides is 1. The smallest absolute Gasteiger partial charge is 0.343 e. The predicted octanol–water partition coefficient (Wildman–Crippen LogP) is 1.98. The summed E-state index contributed by atoms with van der Waals surface area (Å²) in [4.78, 5) is 8.27. The van der Waals surface area contributed by atoms with Crippen molar-refractivity contribution < 1.29 is 23.4 Å². The van der Waals surface area contributed by atoms with Crippen LogP contribution in [0.5, 0.6) is 0 Å². The molecule has 28 heavy (non-hydrogen) atoms. The Morgan fingerprint density at radius 2 is 1.64 bits per heavy atom. The SMILES string of the molecule is Cc1cccc(C)c1-c1cc(Cl)nc([NH2+]S(=O)(=O)c2cccc(C(O)O)c2)n1. The fraction of sp³-hybridized carbons (Fsp3) is 0.158. The van der Waals surface area contributed by atoms with Gasteiger partial charge in [-0.15, -0.1) is 0 Å². The molecule has 7 nitrogen and oxygen atoms in total. The monoisotopic (exact) mass is 420 g/mol. The van der Waals surface area contributed by atoms with E-state index in [0.717, 1.165) is 21.4 Å². The molecule has 1 heterocycles. The van der Waals surface area contributed by atoms with E-state index in [4.69, 9.17) is 11.6 Å². The molecule has 0 unspecified atom stereocenters. The number of aryl methyl sites for hydroxylation is 2. The summed E-state index contributed by atoms with van der Waals surface area (Å²) in [5, 5.41) is 18.6. The molecule has 0 aliphatic carbocycles. The van der Waals surface area contributed by atoms with Crippen molar-refractivity contribution in [3.05, 3.63) is 70.4 Å². The number of aliphatic hydroxyl groups is 2. The summed E-state index contributed by atoms with van der Waals surface area (Å²) in [7, 11) is -3.94. The maximum atomic E-state index is 12.7. The molecular formula is C19H19ClN3O4S+. The number of hydrogen-bond donors (Lipinski definition) is 3. The van der Waals surface area contributed by atoms with Gasteiger partial charge in [0.25, 0.3) is 0 Å². The first-order chi connectivity index (χ1) is 13.2. The Labute approximate surface area is 167 Å². The van der Waals surface area contributed by atoms with Crippen LogP contribution in [0, 0.1) is 13.8 Å². The molecule has 3 aromatic rings. The summed E-state index contributed by atoms with van der Waals surface area (Å²) in [6.07, 6.45) is -1.77. The number of hydrogen-bond acceptors (Lipinski definition) is 6. The lowest BCUT2D eigenvalue weighted by Crippen LogP contribution is -2.82. The van der Waals surface area contributed by atoms with Gasteiger partial charge in [-0.1, -0.05) is 41.9 Å². The van der Waals surface area contributed by atoms with E-state index in [2.05, 4.69) is 9.97 Å². The lowest BCUT2D eigenvalue weighted by atomic mass is 10.00. The maximum Gasteiger partial charge on any atom is 0.343 e. The zero-order chi connectivity index (χ0) is 20.5. The second-order valence-electron chi connectivity index (χ2n) is 6.31. The largest absolute Gasteiger partial charge is 0.364 e. The van der Waals surface area contributed by atoms with Gasteiger partial charge in [-0.05, 0) is 37.1 Å². The van der Waals surface area contributed by atoms with Crippen molar-refractivity contribution in [3.63, 3.8) is 0 Å². The minimum Gasteiger partial charge on any atom is -0.364 e.